The van der Waals surface area contributed by atoms with E-state index in [-0.39, 0.29) is 0 Å². The Bertz CT molecular complexity index is 928. The van der Waals surface area contributed by atoms with E-state index in [1.807, 2.05) is 17.5 Å². The molecule has 2 heterocycles. The van der Waals surface area contributed by atoms with Gasteiger partial charge < -0.3 is 4.74 Å². The number of ether oxygens (including phenoxy) is 1. The van der Waals surface area contributed by atoms with Gasteiger partial charge in [0.15, 0.2) is 11.3 Å². The van der Waals surface area contributed by atoms with Gasteiger partial charge in [-0.25, -0.2) is 14.3 Å². The maximum atomic E-state index is 12.2. The number of carbonyl (C=O) groups is 1. The van der Waals surface area contributed by atoms with Crippen LogP contribution in [0, 0.1) is 13.8 Å². The van der Waals surface area contributed by atoms with E-state index in [9.17, 15) is 4.79 Å². The lowest BCUT2D eigenvalue weighted by atomic mass is 10.0. The third-order valence-corrected chi connectivity index (χ3v) is 4.14. The van der Waals surface area contributed by atoms with Crippen molar-refractivity contribution in [2.24, 2.45) is 0 Å². The smallest absolute Gasteiger partial charge is 0.357 e. The first kappa shape index (κ1) is 17.1. The lowest BCUT2D eigenvalue weighted by molar-refractivity contribution is 0.0519. The summed E-state index contributed by atoms with van der Waals surface area (Å²) in [5, 5.41) is 4.69. The van der Waals surface area contributed by atoms with E-state index < -0.39 is 5.97 Å². The number of nitrogens with zero attached hydrogens (tertiary/aromatic N) is 3. The van der Waals surface area contributed by atoms with Crippen LogP contribution in [0.3, 0.4) is 0 Å². The van der Waals surface area contributed by atoms with E-state index in [4.69, 9.17) is 4.74 Å². The lowest BCUT2D eigenvalue weighted by Gasteiger charge is -2.08. The average Bonchev–Trinajstić information content (AvgIpc) is 2.91. The van der Waals surface area contributed by atoms with Crippen molar-refractivity contribution in [2.75, 3.05) is 6.61 Å². The zero-order valence-corrected chi connectivity index (χ0v) is 15.2. The first-order valence-corrected chi connectivity index (χ1v) is 8.68. The molecule has 0 saturated heterocycles. The van der Waals surface area contributed by atoms with Gasteiger partial charge in [0.2, 0.25) is 0 Å². The molecule has 0 N–H and O–H groups in total. The highest BCUT2D eigenvalue weighted by Crippen LogP contribution is 2.29. The zero-order valence-electron chi connectivity index (χ0n) is 15.2. The topological polar surface area (TPSA) is 56.5 Å². The van der Waals surface area contributed by atoms with Crippen molar-refractivity contribution >= 4 is 11.6 Å². The summed E-state index contributed by atoms with van der Waals surface area (Å²) in [5.41, 5.74) is 6.11. The number of aryl methyl sites for hydroxylation is 3. The summed E-state index contributed by atoms with van der Waals surface area (Å²) in [4.78, 5) is 16.8. The number of hydrogen-bond acceptors (Lipinski definition) is 4. The summed E-state index contributed by atoms with van der Waals surface area (Å²) < 4.78 is 7.01. The summed E-state index contributed by atoms with van der Waals surface area (Å²) in [5.74, 6) is -0.392. The van der Waals surface area contributed by atoms with Crippen LogP contribution in [0.2, 0.25) is 0 Å². The average molecular weight is 337 g/mol. The standard InChI is InChI=1S/C20H23N3O2/c1-5-8-16-12-17(20(24)25-6-2)21-19-18(14(4)22-23(16)19)15-10-7-9-13(3)11-15/h7,9-12H,5-6,8H2,1-4H3. The Kier molecular flexibility index (Phi) is 4.83. The molecule has 0 saturated carbocycles. The highest BCUT2D eigenvalue weighted by atomic mass is 16.5. The van der Waals surface area contributed by atoms with Crippen LogP contribution < -0.4 is 0 Å². The molecule has 25 heavy (non-hydrogen) atoms. The van der Waals surface area contributed by atoms with Crippen molar-refractivity contribution in [2.45, 2.75) is 40.5 Å². The van der Waals surface area contributed by atoms with E-state index in [2.05, 4.69) is 42.1 Å². The Morgan fingerprint density at radius 2 is 2.00 bits per heavy atom. The van der Waals surface area contributed by atoms with Gasteiger partial charge in [-0.3, -0.25) is 0 Å². The van der Waals surface area contributed by atoms with Gasteiger partial charge in [0.1, 0.15) is 0 Å². The van der Waals surface area contributed by atoms with Crippen LogP contribution in [0.25, 0.3) is 16.8 Å². The molecule has 3 aromatic rings. The quantitative estimate of drug-likeness (QED) is 0.657. The molecule has 0 bridgehead atoms. The first-order chi connectivity index (χ1) is 12.0. The van der Waals surface area contributed by atoms with Crippen LogP contribution in [0.4, 0.5) is 0 Å². The SMILES string of the molecule is CCCc1cc(C(=O)OCC)nc2c(-c3cccc(C)c3)c(C)nn12. The zero-order chi connectivity index (χ0) is 18.0. The fourth-order valence-corrected chi connectivity index (χ4v) is 3.07. The predicted octanol–water partition coefficient (Wildman–Crippen LogP) is 4.14. The molecule has 0 aliphatic heterocycles. The summed E-state index contributed by atoms with van der Waals surface area (Å²) in [7, 11) is 0. The molecule has 1 aromatic carbocycles. The van der Waals surface area contributed by atoms with Crippen LogP contribution in [-0.2, 0) is 11.2 Å². The molecule has 0 spiro atoms. The number of carbonyl (C=O) groups excluding carboxylic acids is 1. The van der Waals surface area contributed by atoms with Gasteiger partial charge >= 0.3 is 5.97 Å². The minimum Gasteiger partial charge on any atom is -0.461 e. The number of hydrogen-bond donors (Lipinski definition) is 0. The van der Waals surface area contributed by atoms with Crippen molar-refractivity contribution in [3.05, 3.63) is 53.0 Å². The maximum absolute atomic E-state index is 12.2. The number of benzene rings is 1. The minimum atomic E-state index is -0.392. The highest BCUT2D eigenvalue weighted by molar-refractivity contribution is 5.89. The third-order valence-electron chi connectivity index (χ3n) is 4.14. The van der Waals surface area contributed by atoms with E-state index in [1.165, 1.54) is 5.56 Å². The van der Waals surface area contributed by atoms with Gasteiger partial charge in [-0.1, -0.05) is 43.2 Å². The molecule has 5 nitrogen and oxygen atoms in total. The molecule has 2 aromatic heterocycles. The second-order valence-corrected chi connectivity index (χ2v) is 6.17. The molecule has 5 heteroatoms. The first-order valence-electron chi connectivity index (χ1n) is 8.68. The fourth-order valence-electron chi connectivity index (χ4n) is 3.07. The second kappa shape index (κ2) is 7.05. The summed E-state index contributed by atoms with van der Waals surface area (Å²) in [6, 6.07) is 10.0. The molecular weight excluding hydrogens is 314 g/mol. The Balaban J connectivity index is 2.27. The molecule has 0 atom stereocenters. The number of aromatic nitrogens is 3. The van der Waals surface area contributed by atoms with Crippen molar-refractivity contribution in [1.82, 2.24) is 14.6 Å². The predicted molar refractivity (Wildman–Crippen MR) is 97.8 cm³/mol. The van der Waals surface area contributed by atoms with Crippen LogP contribution in [-0.4, -0.2) is 27.2 Å². The van der Waals surface area contributed by atoms with E-state index in [1.54, 1.807) is 13.0 Å². The maximum Gasteiger partial charge on any atom is 0.357 e. The largest absolute Gasteiger partial charge is 0.461 e. The van der Waals surface area contributed by atoms with Crippen molar-refractivity contribution < 1.29 is 9.53 Å². The number of fused-ring (bicyclic) bond motifs is 1. The molecule has 3 rings (SSSR count). The van der Waals surface area contributed by atoms with Gasteiger partial charge in [-0.15, -0.1) is 0 Å². The van der Waals surface area contributed by atoms with Crippen LogP contribution in [0.15, 0.2) is 30.3 Å². The molecule has 130 valence electrons. The molecule has 0 radical (unpaired) electrons. The Morgan fingerprint density at radius 3 is 2.68 bits per heavy atom. The third kappa shape index (κ3) is 3.27. The Labute approximate surface area is 147 Å². The molecule has 0 unspecified atom stereocenters. The molecular formula is C20H23N3O2. The van der Waals surface area contributed by atoms with Gasteiger partial charge in [0.05, 0.1) is 12.3 Å². The van der Waals surface area contributed by atoms with Gasteiger partial charge in [-0.05, 0) is 38.8 Å². The van der Waals surface area contributed by atoms with E-state index >= 15 is 0 Å². The second-order valence-electron chi connectivity index (χ2n) is 6.17. The van der Waals surface area contributed by atoms with Crippen molar-refractivity contribution in [3.63, 3.8) is 0 Å². The summed E-state index contributed by atoms with van der Waals surface area (Å²) >= 11 is 0. The van der Waals surface area contributed by atoms with Gasteiger partial charge in [-0.2, -0.15) is 5.10 Å². The lowest BCUT2D eigenvalue weighted by Crippen LogP contribution is -2.11. The van der Waals surface area contributed by atoms with Crippen molar-refractivity contribution in [3.8, 4) is 11.1 Å². The van der Waals surface area contributed by atoms with Crippen LogP contribution in [0.5, 0.6) is 0 Å². The molecule has 0 aliphatic carbocycles. The Hall–Kier alpha value is -2.69. The monoisotopic (exact) mass is 337 g/mol. The minimum absolute atomic E-state index is 0.331. The fraction of sp³-hybridized carbons (Fsp3) is 0.350. The van der Waals surface area contributed by atoms with Crippen LogP contribution in [0.1, 0.15) is 47.7 Å². The molecule has 0 amide bonds. The number of rotatable bonds is 5. The van der Waals surface area contributed by atoms with Crippen molar-refractivity contribution in [1.29, 1.82) is 0 Å². The number of esters is 1. The summed E-state index contributed by atoms with van der Waals surface area (Å²) in [6.07, 6.45) is 1.78. The summed E-state index contributed by atoms with van der Waals surface area (Å²) in [6.45, 7) is 8.27. The van der Waals surface area contributed by atoms with E-state index in [0.29, 0.717) is 17.9 Å². The van der Waals surface area contributed by atoms with E-state index in [0.717, 1.165) is 35.4 Å². The molecule has 0 aliphatic rings. The normalized spacial score (nSPS) is 11.0. The highest BCUT2D eigenvalue weighted by Gasteiger charge is 2.19. The molecule has 0 fully saturated rings. The van der Waals surface area contributed by atoms with Gasteiger partial charge in [0, 0.05) is 11.3 Å². The Morgan fingerprint density at radius 1 is 1.20 bits per heavy atom. The van der Waals surface area contributed by atoms with Crippen LogP contribution >= 0.6 is 0 Å². The van der Waals surface area contributed by atoms with Gasteiger partial charge in [0.25, 0.3) is 0 Å².